The molecule has 1 saturated carbocycles. The molecule has 1 N–H and O–H groups in total. The third-order valence-electron chi connectivity index (χ3n) is 8.47. The number of carboxylic acids is 1. The van der Waals surface area contributed by atoms with Gasteiger partial charge >= 0.3 is 5.97 Å². The van der Waals surface area contributed by atoms with Gasteiger partial charge < -0.3 is 14.6 Å². The van der Waals surface area contributed by atoms with Crippen LogP contribution in [0.25, 0.3) is 26.4 Å². The fourth-order valence-corrected chi connectivity index (χ4v) is 7.18. The molecule has 2 aliphatic carbocycles. The summed E-state index contributed by atoms with van der Waals surface area (Å²) in [6.07, 6.45) is 7.52. The van der Waals surface area contributed by atoms with Crippen molar-refractivity contribution in [3.8, 4) is 10.6 Å². The number of rotatable bonds is 5. The normalized spacial score (nSPS) is 20.6. The van der Waals surface area contributed by atoms with Gasteiger partial charge in [0.25, 0.3) is 0 Å². The van der Waals surface area contributed by atoms with E-state index in [-0.39, 0.29) is 11.0 Å². The van der Waals surface area contributed by atoms with E-state index in [0.717, 1.165) is 54.3 Å². The van der Waals surface area contributed by atoms with Crippen LogP contribution in [-0.2, 0) is 14.9 Å². The van der Waals surface area contributed by atoms with E-state index in [1.165, 1.54) is 22.9 Å². The number of allylic oxidation sites excluding steroid dienone is 1. The Balaban J connectivity index is 1.34. The third-order valence-corrected chi connectivity index (χ3v) is 9.76. The summed E-state index contributed by atoms with van der Waals surface area (Å²) < 4.78 is 13.1. The lowest BCUT2D eigenvalue weighted by molar-refractivity contribution is -0.138. The summed E-state index contributed by atoms with van der Waals surface area (Å²) in [5.74, 6) is 0.240. The quantitative estimate of drug-likeness (QED) is 0.398. The van der Waals surface area contributed by atoms with Crippen LogP contribution in [0.15, 0.2) is 36.4 Å². The summed E-state index contributed by atoms with van der Waals surface area (Å²) >= 11 is 1.67. The summed E-state index contributed by atoms with van der Waals surface area (Å²) in [5, 5.41) is 11.5. The molecule has 1 aliphatic heterocycles. The first-order valence-electron chi connectivity index (χ1n) is 12.9. The Morgan fingerprint density at radius 1 is 1.22 bits per heavy atom. The first kappa shape index (κ1) is 23.7. The Kier molecular flexibility index (Phi) is 5.73. The zero-order valence-electron chi connectivity index (χ0n) is 21.2. The van der Waals surface area contributed by atoms with E-state index < -0.39 is 5.97 Å². The largest absolute Gasteiger partial charge is 0.493 e. The molecule has 0 amide bonds. The van der Waals surface area contributed by atoms with Crippen molar-refractivity contribution in [2.45, 2.75) is 58.3 Å². The number of hydrogen-bond acceptors (Lipinski definition) is 5. The van der Waals surface area contributed by atoms with Crippen LogP contribution < -0.4 is 0 Å². The Labute approximate surface area is 216 Å². The molecule has 188 valence electrons. The van der Waals surface area contributed by atoms with Crippen LogP contribution in [0.3, 0.4) is 0 Å². The predicted octanol–water partition coefficient (Wildman–Crippen LogP) is 7.22. The molecule has 3 aliphatic rings. The molecular weight excluding hydrogens is 470 g/mol. The number of nitrogens with zero attached hydrogens (tertiary/aromatic N) is 1. The lowest BCUT2D eigenvalue weighted by Crippen LogP contribution is -2.45. The number of pyridine rings is 1. The maximum absolute atomic E-state index is 12.6. The van der Waals surface area contributed by atoms with E-state index in [4.69, 9.17) is 14.5 Å². The highest BCUT2D eigenvalue weighted by molar-refractivity contribution is 7.22. The summed E-state index contributed by atoms with van der Waals surface area (Å²) in [4.78, 5) is 18.7. The van der Waals surface area contributed by atoms with E-state index >= 15 is 0 Å². The van der Waals surface area contributed by atoms with E-state index in [1.807, 2.05) is 12.1 Å². The van der Waals surface area contributed by atoms with Crippen molar-refractivity contribution in [1.29, 1.82) is 0 Å². The molecule has 5 nitrogen and oxygen atoms in total. The summed E-state index contributed by atoms with van der Waals surface area (Å²) in [6.45, 7) is 8.81. The summed E-state index contributed by atoms with van der Waals surface area (Å²) in [5.41, 5.74) is 3.76. The number of aromatic carboxylic acids is 1. The molecular formula is C30H33NO4S. The Bertz CT molecular complexity index is 1370. The molecule has 0 radical (unpaired) electrons. The third kappa shape index (κ3) is 3.95. The number of carboxylic acid groups (broad SMARTS) is 1. The second kappa shape index (κ2) is 8.70. The Morgan fingerprint density at radius 2 is 1.97 bits per heavy atom. The predicted molar refractivity (Wildman–Crippen MR) is 144 cm³/mol. The number of ether oxygens (including phenoxy) is 2. The van der Waals surface area contributed by atoms with Crippen molar-refractivity contribution >= 4 is 33.2 Å². The van der Waals surface area contributed by atoms with Gasteiger partial charge in [0.1, 0.15) is 5.76 Å². The van der Waals surface area contributed by atoms with E-state index in [2.05, 4.69) is 39.0 Å². The standard InChI is InChI=1S/C30H33NO4S/c1-18-20-6-4-5-7-24(20)36-26(18)22-14-21(28(32)33)25-23(10-11-29(2,3)27(25)31-22)35-15-19-8-12-30(13-9-19)16-34-17-30/h4-7,10,14,19H,8-9,11-13,15-17H2,1-3H3,(H,32,33). The van der Waals surface area contributed by atoms with Gasteiger partial charge in [0.2, 0.25) is 0 Å². The van der Waals surface area contributed by atoms with Crippen molar-refractivity contribution in [2.24, 2.45) is 11.3 Å². The molecule has 2 aromatic heterocycles. The average Bonchev–Trinajstić information content (AvgIpc) is 3.19. The molecule has 0 bridgehead atoms. The van der Waals surface area contributed by atoms with Gasteiger partial charge in [0, 0.05) is 15.5 Å². The van der Waals surface area contributed by atoms with Crippen molar-refractivity contribution in [2.75, 3.05) is 19.8 Å². The lowest BCUT2D eigenvalue weighted by atomic mass is 9.69. The van der Waals surface area contributed by atoms with Crippen LogP contribution in [0.4, 0.5) is 0 Å². The van der Waals surface area contributed by atoms with E-state index in [1.54, 1.807) is 17.4 Å². The molecule has 0 unspecified atom stereocenters. The van der Waals surface area contributed by atoms with Gasteiger partial charge in [-0.05, 0) is 74.1 Å². The number of aromatic nitrogens is 1. The molecule has 2 fully saturated rings. The molecule has 1 spiro atoms. The fraction of sp³-hybridized carbons (Fsp3) is 0.467. The lowest BCUT2D eigenvalue weighted by Gasteiger charge is -2.46. The Morgan fingerprint density at radius 3 is 2.64 bits per heavy atom. The van der Waals surface area contributed by atoms with Crippen molar-refractivity contribution in [1.82, 2.24) is 4.98 Å². The minimum absolute atomic E-state index is 0.278. The molecule has 3 aromatic rings. The molecule has 6 heteroatoms. The number of fused-ring (bicyclic) bond motifs is 2. The van der Waals surface area contributed by atoms with Crippen LogP contribution in [0.2, 0.25) is 0 Å². The van der Waals surface area contributed by atoms with Crippen LogP contribution in [-0.4, -0.2) is 35.9 Å². The Hall–Kier alpha value is -2.70. The molecule has 1 aromatic carbocycles. The smallest absolute Gasteiger partial charge is 0.336 e. The minimum atomic E-state index is -0.939. The van der Waals surface area contributed by atoms with Crippen LogP contribution in [0.1, 0.15) is 73.1 Å². The minimum Gasteiger partial charge on any atom is -0.493 e. The highest BCUT2D eigenvalue weighted by atomic mass is 32.1. The van der Waals surface area contributed by atoms with E-state index in [0.29, 0.717) is 29.3 Å². The van der Waals surface area contributed by atoms with Crippen molar-refractivity contribution in [3.05, 3.63) is 58.8 Å². The van der Waals surface area contributed by atoms with Gasteiger partial charge in [-0.1, -0.05) is 32.0 Å². The zero-order valence-corrected chi connectivity index (χ0v) is 22.0. The maximum atomic E-state index is 12.6. The highest BCUT2D eigenvalue weighted by Crippen LogP contribution is 2.46. The topological polar surface area (TPSA) is 68.7 Å². The summed E-state index contributed by atoms with van der Waals surface area (Å²) in [7, 11) is 0. The average molecular weight is 504 g/mol. The molecule has 6 rings (SSSR count). The van der Waals surface area contributed by atoms with Crippen LogP contribution in [0, 0.1) is 18.3 Å². The van der Waals surface area contributed by atoms with Crippen LogP contribution in [0.5, 0.6) is 0 Å². The zero-order chi connectivity index (χ0) is 25.1. The second-order valence-electron chi connectivity index (χ2n) is 11.5. The van der Waals surface area contributed by atoms with Crippen molar-refractivity contribution in [3.63, 3.8) is 0 Å². The summed E-state index contributed by atoms with van der Waals surface area (Å²) in [6, 6.07) is 10.0. The van der Waals surface area contributed by atoms with Gasteiger partial charge in [0.15, 0.2) is 0 Å². The van der Waals surface area contributed by atoms with Gasteiger partial charge in [-0.15, -0.1) is 11.3 Å². The molecule has 36 heavy (non-hydrogen) atoms. The molecule has 3 heterocycles. The SMILES string of the molecule is Cc1c(-c2cc(C(=O)O)c3c(n2)C(C)(C)CC=C3OCC2CCC3(CC2)COC3)sc2ccccc12. The van der Waals surface area contributed by atoms with Gasteiger partial charge in [-0.2, -0.15) is 0 Å². The van der Waals surface area contributed by atoms with Gasteiger partial charge in [-0.25, -0.2) is 4.79 Å². The number of hydrogen-bond donors (Lipinski definition) is 1. The highest BCUT2D eigenvalue weighted by Gasteiger charge is 2.42. The number of aryl methyl sites for hydroxylation is 1. The number of thiophene rings is 1. The molecule has 0 atom stereocenters. The van der Waals surface area contributed by atoms with Gasteiger partial charge in [-0.3, -0.25) is 4.98 Å². The second-order valence-corrected chi connectivity index (χ2v) is 12.6. The monoisotopic (exact) mass is 503 g/mol. The fourth-order valence-electron chi connectivity index (χ4n) is 6.01. The van der Waals surface area contributed by atoms with Crippen molar-refractivity contribution < 1.29 is 19.4 Å². The van der Waals surface area contributed by atoms with E-state index in [9.17, 15) is 9.90 Å². The first-order chi connectivity index (χ1) is 17.3. The van der Waals surface area contributed by atoms with Gasteiger partial charge in [0.05, 0.1) is 47.2 Å². The van der Waals surface area contributed by atoms with Crippen LogP contribution >= 0.6 is 11.3 Å². The number of carbonyl (C=O) groups is 1. The molecule has 1 saturated heterocycles. The number of benzene rings is 1. The maximum Gasteiger partial charge on any atom is 0.336 e. The first-order valence-corrected chi connectivity index (χ1v) is 13.8.